The predicted molar refractivity (Wildman–Crippen MR) is 96.3 cm³/mol. The molecule has 3 rings (SSSR count). The van der Waals surface area contributed by atoms with Crippen molar-refractivity contribution in [3.63, 3.8) is 0 Å². The fourth-order valence-corrected chi connectivity index (χ4v) is 3.25. The molecule has 3 aromatic rings. The molecular formula is C18H16ClF4N3O2. The first-order valence-electron chi connectivity index (χ1n) is 8.26. The number of aryl methyl sites for hydroxylation is 1. The number of hydrogen-bond acceptors (Lipinski definition) is 3. The van der Waals surface area contributed by atoms with Gasteiger partial charge in [0.2, 0.25) is 0 Å². The summed E-state index contributed by atoms with van der Waals surface area (Å²) in [5.41, 5.74) is 1.06. The van der Waals surface area contributed by atoms with E-state index in [2.05, 4.69) is 9.84 Å². The molecule has 0 aliphatic rings. The van der Waals surface area contributed by atoms with Crippen LogP contribution in [0, 0.1) is 18.6 Å². The maximum absolute atomic E-state index is 14.4. The molecule has 0 atom stereocenters. The van der Waals surface area contributed by atoms with Gasteiger partial charge in [0.25, 0.3) is 5.56 Å². The summed E-state index contributed by atoms with van der Waals surface area (Å²) >= 11 is 5.93. The summed E-state index contributed by atoms with van der Waals surface area (Å²) in [6, 6.07) is 2.51. The number of hydrogen-bond donors (Lipinski definition) is 0. The average Bonchev–Trinajstić information content (AvgIpc) is 2.95. The van der Waals surface area contributed by atoms with E-state index in [1.165, 1.54) is 11.6 Å². The molecule has 0 amide bonds. The lowest BCUT2D eigenvalue weighted by Crippen LogP contribution is -2.24. The van der Waals surface area contributed by atoms with E-state index in [0.29, 0.717) is 17.3 Å². The Balaban J connectivity index is 2.33. The van der Waals surface area contributed by atoms with Crippen molar-refractivity contribution in [2.24, 2.45) is 7.05 Å². The summed E-state index contributed by atoms with van der Waals surface area (Å²) in [7, 11) is 1.38. The zero-order chi connectivity index (χ0) is 20.9. The number of benzene rings is 1. The third-order valence-corrected chi connectivity index (χ3v) is 4.76. The van der Waals surface area contributed by atoms with Gasteiger partial charge < -0.3 is 4.74 Å². The van der Waals surface area contributed by atoms with Gasteiger partial charge in [0.15, 0.2) is 23.2 Å². The summed E-state index contributed by atoms with van der Waals surface area (Å²) < 4.78 is 59.6. The van der Waals surface area contributed by atoms with Gasteiger partial charge >= 0.3 is 6.61 Å². The molecular weight excluding hydrogens is 402 g/mol. The number of nitrogens with zero attached hydrogens (tertiary/aromatic N) is 3. The summed E-state index contributed by atoms with van der Waals surface area (Å²) in [6.07, 6.45) is 0. The van der Waals surface area contributed by atoms with Crippen molar-refractivity contribution in [1.82, 2.24) is 14.2 Å². The summed E-state index contributed by atoms with van der Waals surface area (Å²) in [5.74, 6) is -4.27. The van der Waals surface area contributed by atoms with Gasteiger partial charge in [0, 0.05) is 18.3 Å². The quantitative estimate of drug-likeness (QED) is 0.458. The Hall–Kier alpha value is -2.55. The SMILES string of the molecule is Cc1cc(C(C)C)c2c(=O)n(C)c(-c3cc(F)c(OC(F)F)c(F)c3Cl)nn12. The second-order valence-electron chi connectivity index (χ2n) is 6.59. The van der Waals surface area contributed by atoms with Gasteiger partial charge in [-0.25, -0.2) is 13.3 Å². The third-order valence-electron chi connectivity index (χ3n) is 4.39. The van der Waals surface area contributed by atoms with E-state index < -0.39 is 34.6 Å². The zero-order valence-corrected chi connectivity index (χ0v) is 16.1. The monoisotopic (exact) mass is 417 g/mol. The molecule has 28 heavy (non-hydrogen) atoms. The fraction of sp³-hybridized carbons (Fsp3) is 0.333. The van der Waals surface area contributed by atoms with Crippen LogP contribution in [0.25, 0.3) is 16.9 Å². The van der Waals surface area contributed by atoms with Crippen LogP contribution in [0.5, 0.6) is 5.75 Å². The number of alkyl halides is 2. The molecule has 0 radical (unpaired) electrons. The minimum Gasteiger partial charge on any atom is -0.428 e. The standard InChI is InChI=1S/C18H16ClF4N3O2/c1-7(2)9-5-8(3)26-14(9)17(27)25(4)16(24-26)10-6-11(20)15(28-18(22)23)13(21)12(10)19/h5-7,18H,1-4H3. The van der Waals surface area contributed by atoms with Crippen LogP contribution in [0.15, 0.2) is 16.9 Å². The smallest absolute Gasteiger partial charge is 0.387 e. The lowest BCUT2D eigenvalue weighted by Gasteiger charge is -2.14. The number of rotatable bonds is 4. The van der Waals surface area contributed by atoms with Crippen molar-refractivity contribution in [3.05, 3.63) is 50.4 Å². The Morgan fingerprint density at radius 3 is 2.43 bits per heavy atom. The van der Waals surface area contributed by atoms with E-state index in [9.17, 15) is 22.4 Å². The van der Waals surface area contributed by atoms with E-state index in [1.54, 1.807) is 13.0 Å². The molecule has 10 heteroatoms. The normalized spacial score (nSPS) is 11.8. The van der Waals surface area contributed by atoms with Gasteiger partial charge in [-0.15, -0.1) is 5.10 Å². The molecule has 150 valence electrons. The highest BCUT2D eigenvalue weighted by atomic mass is 35.5. The van der Waals surface area contributed by atoms with Crippen LogP contribution in [-0.4, -0.2) is 20.8 Å². The highest BCUT2D eigenvalue weighted by molar-refractivity contribution is 6.33. The molecule has 0 fully saturated rings. The van der Waals surface area contributed by atoms with Crippen LogP contribution in [0.2, 0.25) is 5.02 Å². The van der Waals surface area contributed by atoms with Crippen LogP contribution in [0.4, 0.5) is 17.6 Å². The van der Waals surface area contributed by atoms with Crippen molar-refractivity contribution in [1.29, 1.82) is 0 Å². The lowest BCUT2D eigenvalue weighted by atomic mass is 10.1. The Bertz CT molecular complexity index is 1140. The second kappa shape index (κ2) is 7.12. The summed E-state index contributed by atoms with van der Waals surface area (Å²) in [5, 5.41) is 3.63. The van der Waals surface area contributed by atoms with Gasteiger partial charge in [-0.1, -0.05) is 25.4 Å². The number of fused-ring (bicyclic) bond motifs is 1. The van der Waals surface area contributed by atoms with Gasteiger partial charge in [-0.2, -0.15) is 8.78 Å². The lowest BCUT2D eigenvalue weighted by molar-refractivity contribution is -0.0546. The minimum absolute atomic E-state index is 0.0494. The number of ether oxygens (including phenoxy) is 1. The molecule has 0 N–H and O–H groups in total. The molecule has 1 aromatic carbocycles. The van der Waals surface area contributed by atoms with E-state index in [0.717, 1.165) is 10.1 Å². The molecule has 0 spiro atoms. The zero-order valence-electron chi connectivity index (χ0n) is 15.4. The van der Waals surface area contributed by atoms with Crippen molar-refractivity contribution >= 4 is 17.1 Å². The third kappa shape index (κ3) is 3.13. The fourth-order valence-electron chi connectivity index (χ4n) is 3.03. The van der Waals surface area contributed by atoms with Gasteiger partial charge in [0.1, 0.15) is 5.52 Å². The van der Waals surface area contributed by atoms with E-state index >= 15 is 0 Å². The maximum atomic E-state index is 14.4. The average molecular weight is 418 g/mol. The topological polar surface area (TPSA) is 48.5 Å². The molecule has 0 aliphatic carbocycles. The van der Waals surface area contributed by atoms with Crippen molar-refractivity contribution < 1.29 is 22.3 Å². The largest absolute Gasteiger partial charge is 0.428 e. The van der Waals surface area contributed by atoms with Crippen LogP contribution in [0.1, 0.15) is 31.0 Å². The first-order valence-corrected chi connectivity index (χ1v) is 8.64. The molecule has 0 aliphatic heterocycles. The van der Waals surface area contributed by atoms with Crippen molar-refractivity contribution in [2.45, 2.75) is 33.3 Å². The molecule has 2 aromatic heterocycles. The Morgan fingerprint density at radius 2 is 1.86 bits per heavy atom. The number of halogens is 5. The van der Waals surface area contributed by atoms with Crippen LogP contribution >= 0.6 is 11.6 Å². The van der Waals surface area contributed by atoms with Gasteiger partial charge in [0.05, 0.1) is 5.02 Å². The van der Waals surface area contributed by atoms with Crippen LogP contribution in [0.3, 0.4) is 0 Å². The van der Waals surface area contributed by atoms with Crippen LogP contribution < -0.4 is 10.3 Å². The Labute approximate surface area is 162 Å². The van der Waals surface area contributed by atoms with Crippen molar-refractivity contribution in [3.8, 4) is 17.1 Å². The highest BCUT2D eigenvalue weighted by Crippen LogP contribution is 2.37. The first-order chi connectivity index (χ1) is 13.0. The van der Waals surface area contributed by atoms with Gasteiger partial charge in [-0.05, 0) is 30.5 Å². The predicted octanol–water partition coefficient (Wildman–Crippen LogP) is 4.66. The summed E-state index contributed by atoms with van der Waals surface area (Å²) in [6.45, 7) is 2.15. The Morgan fingerprint density at radius 1 is 1.21 bits per heavy atom. The number of aromatic nitrogens is 3. The highest BCUT2D eigenvalue weighted by Gasteiger charge is 2.25. The maximum Gasteiger partial charge on any atom is 0.387 e. The Kier molecular flexibility index (Phi) is 5.14. The molecule has 0 unspecified atom stereocenters. The van der Waals surface area contributed by atoms with Gasteiger partial charge in [-0.3, -0.25) is 9.36 Å². The van der Waals surface area contributed by atoms with Crippen molar-refractivity contribution in [2.75, 3.05) is 0 Å². The second-order valence-corrected chi connectivity index (χ2v) is 6.96. The van der Waals surface area contributed by atoms with E-state index in [1.807, 2.05) is 13.8 Å². The first kappa shape index (κ1) is 20.2. The van der Waals surface area contributed by atoms with Crippen LogP contribution in [-0.2, 0) is 7.05 Å². The molecule has 0 saturated carbocycles. The molecule has 5 nitrogen and oxygen atoms in total. The summed E-state index contributed by atoms with van der Waals surface area (Å²) in [4.78, 5) is 12.9. The molecule has 2 heterocycles. The van der Waals surface area contributed by atoms with E-state index in [-0.39, 0.29) is 17.3 Å². The molecule has 0 saturated heterocycles. The molecule has 0 bridgehead atoms. The van der Waals surface area contributed by atoms with E-state index in [4.69, 9.17) is 11.6 Å². The minimum atomic E-state index is -3.43.